The van der Waals surface area contributed by atoms with Gasteiger partial charge in [0, 0.05) is 35.0 Å². The quantitative estimate of drug-likeness (QED) is 0.872. The minimum atomic E-state index is -0.140. The van der Waals surface area contributed by atoms with Crippen LogP contribution in [0.1, 0.15) is 10.4 Å². The molecule has 0 aromatic heterocycles. The molecule has 21 heavy (non-hydrogen) atoms. The summed E-state index contributed by atoms with van der Waals surface area (Å²) in [6, 6.07) is 14.7. The molecule has 0 saturated heterocycles. The highest BCUT2D eigenvalue weighted by Crippen LogP contribution is 2.18. The number of rotatable bonds is 5. The Morgan fingerprint density at radius 1 is 1.14 bits per heavy atom. The van der Waals surface area contributed by atoms with Crippen molar-refractivity contribution in [2.75, 3.05) is 30.4 Å². The molecule has 0 fully saturated rings. The standard InChI is InChI=1S/C16H17BrN2O2/c1-19(10-11-20)15-8-6-14(7-9-15)18-16(21)12-2-4-13(17)5-3-12/h2-9,20H,10-11H2,1H3,(H,18,21). The van der Waals surface area contributed by atoms with Crippen LogP contribution < -0.4 is 10.2 Å². The average molecular weight is 349 g/mol. The van der Waals surface area contributed by atoms with Crippen molar-refractivity contribution in [3.05, 3.63) is 58.6 Å². The van der Waals surface area contributed by atoms with E-state index in [1.54, 1.807) is 12.1 Å². The highest BCUT2D eigenvalue weighted by molar-refractivity contribution is 9.10. The lowest BCUT2D eigenvalue weighted by molar-refractivity contribution is 0.102. The van der Waals surface area contributed by atoms with E-state index in [1.807, 2.05) is 48.3 Å². The molecule has 2 aromatic carbocycles. The number of nitrogens with one attached hydrogen (secondary N) is 1. The Bertz CT molecular complexity index is 597. The summed E-state index contributed by atoms with van der Waals surface area (Å²) in [6.45, 7) is 0.684. The van der Waals surface area contributed by atoms with Crippen molar-refractivity contribution in [3.63, 3.8) is 0 Å². The molecule has 2 aromatic rings. The Labute approximate surface area is 132 Å². The second-order valence-corrected chi connectivity index (χ2v) is 5.57. The molecule has 0 unspecified atom stereocenters. The van der Waals surface area contributed by atoms with Crippen LogP contribution in [0.4, 0.5) is 11.4 Å². The van der Waals surface area contributed by atoms with Gasteiger partial charge in [-0.1, -0.05) is 15.9 Å². The van der Waals surface area contributed by atoms with Crippen LogP contribution in [0.25, 0.3) is 0 Å². The monoisotopic (exact) mass is 348 g/mol. The average Bonchev–Trinajstić information content (AvgIpc) is 2.49. The van der Waals surface area contributed by atoms with Crippen LogP contribution in [-0.2, 0) is 0 Å². The zero-order chi connectivity index (χ0) is 15.2. The van der Waals surface area contributed by atoms with E-state index >= 15 is 0 Å². The van der Waals surface area contributed by atoms with E-state index in [2.05, 4.69) is 21.2 Å². The van der Waals surface area contributed by atoms with Gasteiger partial charge in [0.05, 0.1) is 6.61 Å². The second kappa shape index (κ2) is 7.24. The maximum absolute atomic E-state index is 12.1. The van der Waals surface area contributed by atoms with E-state index in [1.165, 1.54) is 0 Å². The molecule has 1 amide bonds. The zero-order valence-electron chi connectivity index (χ0n) is 11.7. The smallest absolute Gasteiger partial charge is 0.255 e. The fraction of sp³-hybridized carbons (Fsp3) is 0.188. The second-order valence-electron chi connectivity index (χ2n) is 4.65. The number of likely N-dealkylation sites (N-methyl/N-ethyl adjacent to an activating group) is 1. The Morgan fingerprint density at radius 3 is 2.33 bits per heavy atom. The van der Waals surface area contributed by atoms with Gasteiger partial charge in [-0.2, -0.15) is 0 Å². The minimum Gasteiger partial charge on any atom is -0.395 e. The summed E-state index contributed by atoms with van der Waals surface area (Å²) in [5.41, 5.74) is 2.34. The predicted molar refractivity (Wildman–Crippen MR) is 88.9 cm³/mol. The number of nitrogens with zero attached hydrogens (tertiary/aromatic N) is 1. The van der Waals surface area contributed by atoms with Gasteiger partial charge in [0.2, 0.25) is 0 Å². The van der Waals surface area contributed by atoms with Crippen molar-refractivity contribution in [1.82, 2.24) is 0 Å². The van der Waals surface area contributed by atoms with Gasteiger partial charge in [0.1, 0.15) is 0 Å². The van der Waals surface area contributed by atoms with E-state index < -0.39 is 0 Å². The Hall–Kier alpha value is -1.85. The topological polar surface area (TPSA) is 52.6 Å². The lowest BCUT2D eigenvalue weighted by atomic mass is 10.2. The molecule has 110 valence electrons. The van der Waals surface area contributed by atoms with Gasteiger partial charge in [0.15, 0.2) is 0 Å². The molecule has 2 rings (SSSR count). The molecule has 0 atom stereocenters. The third-order valence-corrected chi connectivity index (χ3v) is 3.64. The molecular formula is C16H17BrN2O2. The molecule has 0 radical (unpaired) electrons. The zero-order valence-corrected chi connectivity index (χ0v) is 13.3. The van der Waals surface area contributed by atoms with E-state index in [0.717, 1.165) is 15.8 Å². The molecule has 2 N–H and O–H groups in total. The van der Waals surface area contributed by atoms with E-state index in [-0.39, 0.29) is 12.5 Å². The van der Waals surface area contributed by atoms with Crippen LogP contribution in [0, 0.1) is 0 Å². The molecule has 0 aliphatic heterocycles. The van der Waals surface area contributed by atoms with Crippen LogP contribution in [0.15, 0.2) is 53.0 Å². The molecule has 0 saturated carbocycles. The highest BCUT2D eigenvalue weighted by Gasteiger charge is 2.06. The highest BCUT2D eigenvalue weighted by atomic mass is 79.9. The number of aliphatic hydroxyl groups excluding tert-OH is 1. The van der Waals surface area contributed by atoms with Crippen molar-refractivity contribution in [3.8, 4) is 0 Å². The van der Waals surface area contributed by atoms with Crippen molar-refractivity contribution in [2.24, 2.45) is 0 Å². The number of aliphatic hydroxyl groups is 1. The van der Waals surface area contributed by atoms with Crippen molar-refractivity contribution in [1.29, 1.82) is 0 Å². The van der Waals surface area contributed by atoms with Crippen LogP contribution in [0.3, 0.4) is 0 Å². The molecule has 0 heterocycles. The first-order chi connectivity index (χ1) is 10.1. The van der Waals surface area contributed by atoms with Gasteiger partial charge in [-0.15, -0.1) is 0 Å². The Kier molecular flexibility index (Phi) is 5.36. The Balaban J connectivity index is 2.03. The summed E-state index contributed by atoms with van der Waals surface area (Å²) < 4.78 is 0.940. The molecule has 0 aliphatic rings. The lowest BCUT2D eigenvalue weighted by Gasteiger charge is -2.18. The third kappa shape index (κ3) is 4.31. The molecular weight excluding hydrogens is 332 g/mol. The fourth-order valence-corrected chi connectivity index (χ4v) is 2.15. The SMILES string of the molecule is CN(CCO)c1ccc(NC(=O)c2ccc(Br)cc2)cc1. The van der Waals surface area contributed by atoms with Crippen LogP contribution >= 0.6 is 15.9 Å². The van der Waals surface area contributed by atoms with Crippen molar-refractivity contribution < 1.29 is 9.90 Å². The molecule has 0 spiro atoms. The first-order valence-electron chi connectivity index (χ1n) is 6.59. The van der Waals surface area contributed by atoms with Gasteiger partial charge in [-0.05, 0) is 48.5 Å². The van der Waals surface area contributed by atoms with Crippen molar-refractivity contribution in [2.45, 2.75) is 0 Å². The number of benzene rings is 2. The summed E-state index contributed by atoms with van der Waals surface area (Å²) >= 11 is 3.34. The predicted octanol–water partition coefficient (Wildman–Crippen LogP) is 3.13. The number of carbonyl (C=O) groups excluding carboxylic acids is 1. The van der Waals surface area contributed by atoms with E-state index in [9.17, 15) is 4.79 Å². The first-order valence-corrected chi connectivity index (χ1v) is 7.38. The van der Waals surface area contributed by atoms with Gasteiger partial charge in [-0.3, -0.25) is 4.79 Å². The molecule has 5 heteroatoms. The third-order valence-electron chi connectivity index (χ3n) is 3.11. The summed E-state index contributed by atoms with van der Waals surface area (Å²) in [6.07, 6.45) is 0. The summed E-state index contributed by atoms with van der Waals surface area (Å²) in [5, 5.41) is 11.8. The Morgan fingerprint density at radius 2 is 1.76 bits per heavy atom. The molecule has 0 bridgehead atoms. The number of anilines is 2. The number of carbonyl (C=O) groups is 1. The normalized spacial score (nSPS) is 10.2. The minimum absolute atomic E-state index is 0.110. The van der Waals surface area contributed by atoms with Crippen LogP contribution in [-0.4, -0.2) is 31.2 Å². The van der Waals surface area contributed by atoms with E-state index in [0.29, 0.717) is 12.1 Å². The number of hydrogen-bond acceptors (Lipinski definition) is 3. The fourth-order valence-electron chi connectivity index (χ4n) is 1.88. The van der Waals surface area contributed by atoms with E-state index in [4.69, 9.17) is 5.11 Å². The molecule has 4 nitrogen and oxygen atoms in total. The van der Waals surface area contributed by atoms with Crippen LogP contribution in [0.5, 0.6) is 0 Å². The van der Waals surface area contributed by atoms with Gasteiger partial charge in [-0.25, -0.2) is 0 Å². The molecule has 0 aliphatic carbocycles. The van der Waals surface area contributed by atoms with Crippen LogP contribution in [0.2, 0.25) is 0 Å². The lowest BCUT2D eigenvalue weighted by Crippen LogP contribution is -2.21. The summed E-state index contributed by atoms with van der Waals surface area (Å²) in [7, 11) is 1.91. The maximum Gasteiger partial charge on any atom is 0.255 e. The maximum atomic E-state index is 12.1. The van der Waals surface area contributed by atoms with Crippen molar-refractivity contribution >= 4 is 33.2 Å². The first kappa shape index (κ1) is 15.5. The van der Waals surface area contributed by atoms with Gasteiger partial charge < -0.3 is 15.3 Å². The number of halogens is 1. The number of hydrogen-bond donors (Lipinski definition) is 2. The summed E-state index contributed by atoms with van der Waals surface area (Å²) in [4.78, 5) is 14.0. The number of amides is 1. The summed E-state index contributed by atoms with van der Waals surface area (Å²) in [5.74, 6) is -0.140. The largest absolute Gasteiger partial charge is 0.395 e. The van der Waals surface area contributed by atoms with Gasteiger partial charge in [0.25, 0.3) is 5.91 Å². The van der Waals surface area contributed by atoms with Gasteiger partial charge >= 0.3 is 0 Å².